The summed E-state index contributed by atoms with van der Waals surface area (Å²) in [5.74, 6) is 0.680. The van der Waals surface area contributed by atoms with Crippen LogP contribution in [0.3, 0.4) is 0 Å². The normalized spacial score (nSPS) is 19.8. The van der Waals surface area contributed by atoms with Gasteiger partial charge >= 0.3 is 0 Å². The first kappa shape index (κ1) is 20.3. The van der Waals surface area contributed by atoms with Crippen molar-refractivity contribution in [3.8, 4) is 0 Å². The fourth-order valence-electron chi connectivity index (χ4n) is 4.08. The predicted molar refractivity (Wildman–Crippen MR) is 116 cm³/mol. The van der Waals surface area contributed by atoms with Gasteiger partial charge in [0.25, 0.3) is 0 Å². The molecule has 1 aliphatic heterocycles. The number of carbonyl (C=O) groups is 2. The lowest BCUT2D eigenvalue weighted by Gasteiger charge is -2.23. The van der Waals surface area contributed by atoms with Crippen LogP contribution in [0.5, 0.6) is 0 Å². The van der Waals surface area contributed by atoms with Crippen molar-refractivity contribution < 1.29 is 9.59 Å². The zero-order valence-electron chi connectivity index (χ0n) is 16.4. The van der Waals surface area contributed by atoms with Crippen LogP contribution in [0.4, 0.5) is 5.13 Å². The zero-order chi connectivity index (χ0) is 20.1. The van der Waals surface area contributed by atoms with Crippen molar-refractivity contribution in [3.05, 3.63) is 35.9 Å². The van der Waals surface area contributed by atoms with Gasteiger partial charge in [-0.15, -0.1) is 10.2 Å². The van der Waals surface area contributed by atoms with E-state index in [0.29, 0.717) is 24.1 Å². The highest BCUT2D eigenvalue weighted by atomic mass is 32.2. The molecule has 154 valence electrons. The Labute approximate surface area is 179 Å². The Morgan fingerprint density at radius 2 is 2.00 bits per heavy atom. The topological polar surface area (TPSA) is 75.2 Å². The van der Waals surface area contributed by atoms with Crippen LogP contribution in [0.25, 0.3) is 0 Å². The smallest absolute Gasteiger partial charge is 0.231 e. The van der Waals surface area contributed by atoms with E-state index in [1.54, 1.807) is 11.8 Å². The molecule has 1 N–H and O–H groups in total. The Hall–Kier alpha value is -1.93. The van der Waals surface area contributed by atoms with Gasteiger partial charge in [-0.25, -0.2) is 0 Å². The minimum absolute atomic E-state index is 0.115. The van der Waals surface area contributed by atoms with Gasteiger partial charge in [0.1, 0.15) is 0 Å². The predicted octanol–water partition coefficient (Wildman–Crippen LogP) is 3.99. The fourth-order valence-corrected chi connectivity index (χ4v) is 5.85. The van der Waals surface area contributed by atoms with Gasteiger partial charge in [-0.05, 0) is 31.2 Å². The molecule has 1 aromatic carbocycles. The number of nitrogens with one attached hydrogen (secondary N) is 1. The van der Waals surface area contributed by atoms with Gasteiger partial charge in [-0.3, -0.25) is 9.59 Å². The molecule has 2 aromatic rings. The van der Waals surface area contributed by atoms with Crippen molar-refractivity contribution in [2.75, 3.05) is 17.6 Å². The lowest BCUT2D eigenvalue weighted by Crippen LogP contribution is -2.35. The van der Waals surface area contributed by atoms with Crippen LogP contribution < -0.4 is 5.32 Å². The molecule has 0 bridgehead atoms. The largest absolute Gasteiger partial charge is 0.339 e. The summed E-state index contributed by atoms with van der Waals surface area (Å²) in [6.07, 6.45) is 6.93. The first-order chi connectivity index (χ1) is 14.2. The molecular weight excluding hydrogens is 404 g/mol. The molecule has 2 aliphatic rings. The maximum absolute atomic E-state index is 12.6. The molecule has 4 rings (SSSR count). The molecule has 2 amide bonds. The molecule has 2 heterocycles. The van der Waals surface area contributed by atoms with E-state index in [0.717, 1.165) is 35.8 Å². The van der Waals surface area contributed by atoms with E-state index in [1.165, 1.54) is 29.7 Å². The standard InChI is InChI=1S/C21H26N4O2S2/c26-18-13-16(14-25(18)17-10-4-5-11-17)19(27)22-20-23-24-21(29-20)28-12-6-9-15-7-2-1-3-8-15/h1-3,7-8,16-17H,4-6,9-14H2,(H,22,23,27). The van der Waals surface area contributed by atoms with E-state index in [-0.39, 0.29) is 17.7 Å². The summed E-state index contributed by atoms with van der Waals surface area (Å²) in [7, 11) is 0. The molecular formula is C21H26N4O2S2. The average molecular weight is 431 g/mol. The van der Waals surface area contributed by atoms with Gasteiger partial charge < -0.3 is 10.2 Å². The van der Waals surface area contributed by atoms with Crippen molar-refractivity contribution in [1.82, 2.24) is 15.1 Å². The number of hydrogen-bond acceptors (Lipinski definition) is 6. The number of amides is 2. The summed E-state index contributed by atoms with van der Waals surface area (Å²) in [4.78, 5) is 26.8. The Morgan fingerprint density at radius 3 is 2.79 bits per heavy atom. The van der Waals surface area contributed by atoms with Crippen LogP contribution in [-0.2, 0) is 16.0 Å². The van der Waals surface area contributed by atoms with Gasteiger partial charge in [0.15, 0.2) is 4.34 Å². The average Bonchev–Trinajstić information content (AvgIpc) is 3.47. The van der Waals surface area contributed by atoms with E-state index in [4.69, 9.17) is 0 Å². The molecule has 1 atom stereocenters. The van der Waals surface area contributed by atoms with Gasteiger partial charge in [-0.1, -0.05) is 66.3 Å². The second kappa shape index (κ2) is 9.71. The molecule has 0 radical (unpaired) electrons. The number of thioether (sulfide) groups is 1. The quantitative estimate of drug-likeness (QED) is 0.389. The molecule has 1 saturated carbocycles. The van der Waals surface area contributed by atoms with Gasteiger partial charge in [0.2, 0.25) is 16.9 Å². The van der Waals surface area contributed by atoms with Crippen molar-refractivity contribution in [2.24, 2.45) is 5.92 Å². The number of likely N-dealkylation sites (tertiary alicyclic amines) is 1. The first-order valence-corrected chi connectivity index (χ1v) is 12.1. The number of aryl methyl sites for hydroxylation is 1. The van der Waals surface area contributed by atoms with E-state index in [9.17, 15) is 9.59 Å². The lowest BCUT2D eigenvalue weighted by atomic mass is 10.1. The van der Waals surface area contributed by atoms with E-state index < -0.39 is 0 Å². The van der Waals surface area contributed by atoms with Crippen molar-refractivity contribution in [2.45, 2.75) is 55.3 Å². The van der Waals surface area contributed by atoms with E-state index in [1.807, 2.05) is 11.0 Å². The molecule has 0 spiro atoms. The van der Waals surface area contributed by atoms with Crippen LogP contribution in [0.1, 0.15) is 44.1 Å². The number of rotatable bonds is 8. The Kier molecular flexibility index (Phi) is 6.82. The van der Waals surface area contributed by atoms with Crippen molar-refractivity contribution in [1.29, 1.82) is 0 Å². The molecule has 1 aromatic heterocycles. The van der Waals surface area contributed by atoms with Gasteiger partial charge in [-0.2, -0.15) is 0 Å². The summed E-state index contributed by atoms with van der Waals surface area (Å²) < 4.78 is 0.864. The molecule has 1 saturated heterocycles. The monoisotopic (exact) mass is 430 g/mol. The maximum atomic E-state index is 12.6. The highest BCUT2D eigenvalue weighted by molar-refractivity contribution is 8.01. The number of benzene rings is 1. The third-order valence-electron chi connectivity index (χ3n) is 5.61. The summed E-state index contributed by atoms with van der Waals surface area (Å²) in [6.45, 7) is 0.537. The molecule has 8 heteroatoms. The Morgan fingerprint density at radius 1 is 1.21 bits per heavy atom. The minimum Gasteiger partial charge on any atom is -0.339 e. The van der Waals surface area contributed by atoms with Crippen LogP contribution >= 0.6 is 23.1 Å². The molecule has 2 fully saturated rings. The highest BCUT2D eigenvalue weighted by Crippen LogP contribution is 2.31. The van der Waals surface area contributed by atoms with Crippen LogP contribution in [0.15, 0.2) is 34.7 Å². The number of hydrogen-bond donors (Lipinski definition) is 1. The minimum atomic E-state index is -0.283. The summed E-state index contributed by atoms with van der Waals surface area (Å²) in [5.41, 5.74) is 1.34. The van der Waals surface area contributed by atoms with E-state index in [2.05, 4.69) is 39.8 Å². The number of nitrogens with zero attached hydrogens (tertiary/aromatic N) is 3. The summed E-state index contributed by atoms with van der Waals surface area (Å²) in [5, 5.41) is 11.7. The van der Waals surface area contributed by atoms with Gasteiger partial charge in [0, 0.05) is 24.8 Å². The zero-order valence-corrected chi connectivity index (χ0v) is 18.0. The van der Waals surface area contributed by atoms with Crippen LogP contribution in [0, 0.1) is 5.92 Å². The Balaban J connectivity index is 1.21. The first-order valence-electron chi connectivity index (χ1n) is 10.3. The van der Waals surface area contributed by atoms with Crippen molar-refractivity contribution in [3.63, 3.8) is 0 Å². The lowest BCUT2D eigenvalue weighted by molar-refractivity contribution is -0.129. The molecule has 1 unspecified atom stereocenters. The molecule has 1 aliphatic carbocycles. The summed E-state index contributed by atoms with van der Waals surface area (Å²) in [6, 6.07) is 10.8. The number of anilines is 1. The van der Waals surface area contributed by atoms with Gasteiger partial charge in [0.05, 0.1) is 5.92 Å². The van der Waals surface area contributed by atoms with Crippen LogP contribution in [0.2, 0.25) is 0 Å². The maximum Gasteiger partial charge on any atom is 0.231 e. The summed E-state index contributed by atoms with van der Waals surface area (Å²) >= 11 is 3.07. The molecule has 6 nitrogen and oxygen atoms in total. The molecule has 29 heavy (non-hydrogen) atoms. The second-order valence-electron chi connectivity index (χ2n) is 7.69. The van der Waals surface area contributed by atoms with Crippen LogP contribution in [-0.4, -0.2) is 45.3 Å². The third kappa shape index (κ3) is 5.36. The van der Waals surface area contributed by atoms with E-state index >= 15 is 0 Å². The Bertz CT molecular complexity index is 836. The number of aromatic nitrogens is 2. The van der Waals surface area contributed by atoms with Crippen molar-refractivity contribution >= 4 is 40.0 Å². The third-order valence-corrected chi connectivity index (χ3v) is 7.67. The SMILES string of the molecule is O=C(Nc1nnc(SCCCc2ccccc2)s1)C1CC(=O)N(C2CCCC2)C1. The highest BCUT2D eigenvalue weighted by Gasteiger charge is 2.38. The fraction of sp³-hybridized carbons (Fsp3) is 0.524. The number of carbonyl (C=O) groups excluding carboxylic acids is 2. The second-order valence-corrected chi connectivity index (χ2v) is 10.0.